The van der Waals surface area contributed by atoms with Crippen molar-refractivity contribution in [3.05, 3.63) is 58.8 Å². The van der Waals surface area contributed by atoms with E-state index in [-0.39, 0.29) is 0 Å². The Morgan fingerprint density at radius 2 is 1.94 bits per heavy atom. The van der Waals surface area contributed by atoms with Crippen LogP contribution < -0.4 is 5.73 Å². The lowest BCUT2D eigenvalue weighted by Crippen LogP contribution is -2.05. The van der Waals surface area contributed by atoms with E-state index in [1.165, 1.54) is 6.08 Å². The number of hydrogen-bond donors (Lipinski definition) is 1. The third kappa shape index (κ3) is 2.85. The van der Waals surface area contributed by atoms with Gasteiger partial charge in [0.05, 0.1) is 0 Å². The van der Waals surface area contributed by atoms with Crippen molar-refractivity contribution in [2.45, 2.75) is 0 Å². The van der Waals surface area contributed by atoms with Crippen LogP contribution in [-0.2, 0) is 4.79 Å². The summed E-state index contributed by atoms with van der Waals surface area (Å²) in [4.78, 5) is 10.7. The number of amides is 1. The molecule has 2 rings (SSSR count). The van der Waals surface area contributed by atoms with E-state index in [0.29, 0.717) is 0 Å². The number of hydrogen-bond acceptors (Lipinski definition) is 1. The van der Waals surface area contributed by atoms with Crippen molar-refractivity contribution in [2.24, 2.45) is 5.73 Å². The van der Waals surface area contributed by atoms with Gasteiger partial charge in [0.25, 0.3) is 0 Å². The molecule has 0 radical (unpaired) electrons. The van der Waals surface area contributed by atoms with E-state index in [0.717, 1.165) is 15.9 Å². The van der Waals surface area contributed by atoms with E-state index in [1.54, 1.807) is 6.08 Å². The van der Waals surface area contributed by atoms with Crippen molar-refractivity contribution >= 4 is 27.9 Å². The number of primary amides is 1. The summed E-state index contributed by atoms with van der Waals surface area (Å²) in [7, 11) is 0. The molecule has 0 aliphatic carbocycles. The molecule has 0 fully saturated rings. The van der Waals surface area contributed by atoms with Crippen LogP contribution in [0, 0.1) is 0 Å². The SMILES string of the molecule is NC(=O)/C=C/c1cccn1-c1ccc(Br)cc1. The highest BCUT2D eigenvalue weighted by Crippen LogP contribution is 2.17. The molecule has 86 valence electrons. The zero-order chi connectivity index (χ0) is 12.3. The summed E-state index contributed by atoms with van der Waals surface area (Å²) in [6, 6.07) is 11.8. The number of halogens is 1. The molecule has 0 saturated heterocycles. The minimum absolute atomic E-state index is 0.450. The second-order valence-electron chi connectivity index (χ2n) is 3.52. The van der Waals surface area contributed by atoms with Gasteiger partial charge in [-0.15, -0.1) is 0 Å². The number of rotatable bonds is 3. The van der Waals surface area contributed by atoms with Gasteiger partial charge in [0.15, 0.2) is 0 Å². The fraction of sp³-hybridized carbons (Fsp3) is 0. The Balaban J connectivity index is 2.36. The lowest BCUT2D eigenvalue weighted by molar-refractivity contribution is -0.113. The Bertz CT molecular complexity index is 555. The van der Waals surface area contributed by atoms with Gasteiger partial charge in [-0.3, -0.25) is 4.79 Å². The minimum atomic E-state index is -0.450. The maximum Gasteiger partial charge on any atom is 0.241 e. The zero-order valence-corrected chi connectivity index (χ0v) is 10.6. The summed E-state index contributed by atoms with van der Waals surface area (Å²) < 4.78 is 3.01. The fourth-order valence-electron chi connectivity index (χ4n) is 1.53. The Morgan fingerprint density at radius 3 is 2.59 bits per heavy atom. The Hall–Kier alpha value is -1.81. The van der Waals surface area contributed by atoms with E-state index in [9.17, 15) is 4.79 Å². The highest BCUT2D eigenvalue weighted by molar-refractivity contribution is 9.10. The third-order valence-electron chi connectivity index (χ3n) is 2.30. The van der Waals surface area contributed by atoms with E-state index in [2.05, 4.69) is 15.9 Å². The third-order valence-corrected chi connectivity index (χ3v) is 2.83. The molecule has 4 heteroatoms. The van der Waals surface area contributed by atoms with Crippen molar-refractivity contribution in [1.29, 1.82) is 0 Å². The Labute approximate surface area is 108 Å². The first kappa shape index (κ1) is 11.7. The highest BCUT2D eigenvalue weighted by Gasteiger charge is 2.00. The van der Waals surface area contributed by atoms with Gasteiger partial charge in [0, 0.05) is 28.1 Å². The molecule has 1 amide bonds. The van der Waals surface area contributed by atoms with Crippen LogP contribution in [-0.4, -0.2) is 10.5 Å². The van der Waals surface area contributed by atoms with E-state index in [1.807, 2.05) is 47.2 Å². The lowest BCUT2D eigenvalue weighted by Gasteiger charge is -2.06. The lowest BCUT2D eigenvalue weighted by atomic mass is 10.3. The van der Waals surface area contributed by atoms with Crippen LogP contribution in [0.15, 0.2) is 53.1 Å². The van der Waals surface area contributed by atoms with E-state index >= 15 is 0 Å². The number of nitrogens with zero attached hydrogens (tertiary/aromatic N) is 1. The molecule has 17 heavy (non-hydrogen) atoms. The van der Waals surface area contributed by atoms with Gasteiger partial charge in [-0.05, 0) is 42.5 Å². The van der Waals surface area contributed by atoms with E-state index < -0.39 is 5.91 Å². The molecule has 0 atom stereocenters. The van der Waals surface area contributed by atoms with Crippen LogP contribution in [0.4, 0.5) is 0 Å². The number of carbonyl (C=O) groups is 1. The van der Waals surface area contributed by atoms with Gasteiger partial charge in [-0.25, -0.2) is 0 Å². The molecule has 3 nitrogen and oxygen atoms in total. The molecule has 0 aliphatic rings. The predicted octanol–water partition coefficient (Wildman–Crippen LogP) is 2.74. The Morgan fingerprint density at radius 1 is 1.24 bits per heavy atom. The van der Waals surface area contributed by atoms with Gasteiger partial charge in [-0.1, -0.05) is 15.9 Å². The van der Waals surface area contributed by atoms with Crippen molar-refractivity contribution < 1.29 is 4.79 Å². The number of carbonyl (C=O) groups excluding carboxylic acids is 1. The van der Waals surface area contributed by atoms with Crippen molar-refractivity contribution in [1.82, 2.24) is 4.57 Å². The van der Waals surface area contributed by atoms with Crippen LogP contribution in [0.1, 0.15) is 5.69 Å². The second-order valence-corrected chi connectivity index (χ2v) is 4.43. The zero-order valence-electron chi connectivity index (χ0n) is 9.01. The topological polar surface area (TPSA) is 48.0 Å². The molecule has 0 bridgehead atoms. The summed E-state index contributed by atoms with van der Waals surface area (Å²) in [5, 5.41) is 0. The molecule has 0 saturated carbocycles. The average Bonchev–Trinajstić information content (AvgIpc) is 2.75. The maximum atomic E-state index is 10.7. The van der Waals surface area contributed by atoms with Crippen LogP contribution in [0.5, 0.6) is 0 Å². The van der Waals surface area contributed by atoms with Gasteiger partial charge in [-0.2, -0.15) is 0 Å². The van der Waals surface area contributed by atoms with Crippen molar-refractivity contribution in [3.63, 3.8) is 0 Å². The monoisotopic (exact) mass is 290 g/mol. The summed E-state index contributed by atoms with van der Waals surface area (Å²) in [5.41, 5.74) is 7.01. The molecule has 1 aromatic carbocycles. The molecule has 2 aromatic rings. The normalized spacial score (nSPS) is 10.9. The molecule has 1 heterocycles. The first-order valence-corrected chi connectivity index (χ1v) is 5.87. The first-order chi connectivity index (χ1) is 8.16. The summed E-state index contributed by atoms with van der Waals surface area (Å²) in [6.45, 7) is 0. The second kappa shape index (κ2) is 5.01. The highest BCUT2D eigenvalue weighted by atomic mass is 79.9. The summed E-state index contributed by atoms with van der Waals surface area (Å²) in [6.07, 6.45) is 4.99. The van der Waals surface area contributed by atoms with Crippen LogP contribution in [0.25, 0.3) is 11.8 Å². The quantitative estimate of drug-likeness (QED) is 0.868. The standard InChI is InChI=1S/C13H11BrN2O/c14-10-3-5-12(6-4-10)16-9-1-2-11(16)7-8-13(15)17/h1-9H,(H2,15,17)/b8-7+. The first-order valence-electron chi connectivity index (χ1n) is 5.07. The minimum Gasteiger partial charge on any atom is -0.366 e. The molecule has 2 N–H and O–H groups in total. The number of aromatic nitrogens is 1. The van der Waals surface area contributed by atoms with Gasteiger partial charge >= 0.3 is 0 Å². The molecule has 0 aliphatic heterocycles. The van der Waals surface area contributed by atoms with Crippen LogP contribution >= 0.6 is 15.9 Å². The molecule has 0 unspecified atom stereocenters. The largest absolute Gasteiger partial charge is 0.366 e. The number of benzene rings is 1. The number of nitrogens with two attached hydrogens (primary N) is 1. The fourth-order valence-corrected chi connectivity index (χ4v) is 1.80. The Kier molecular flexibility index (Phi) is 3.44. The van der Waals surface area contributed by atoms with E-state index in [4.69, 9.17) is 5.73 Å². The van der Waals surface area contributed by atoms with Gasteiger partial charge < -0.3 is 10.3 Å². The maximum absolute atomic E-state index is 10.7. The molecular formula is C13H11BrN2O. The van der Waals surface area contributed by atoms with Crippen molar-refractivity contribution in [3.8, 4) is 5.69 Å². The molecular weight excluding hydrogens is 280 g/mol. The van der Waals surface area contributed by atoms with Crippen LogP contribution in [0.2, 0.25) is 0 Å². The summed E-state index contributed by atoms with van der Waals surface area (Å²) >= 11 is 3.39. The average molecular weight is 291 g/mol. The molecule has 0 spiro atoms. The van der Waals surface area contributed by atoms with Crippen molar-refractivity contribution in [2.75, 3.05) is 0 Å². The predicted molar refractivity (Wildman–Crippen MR) is 71.7 cm³/mol. The smallest absolute Gasteiger partial charge is 0.241 e. The van der Waals surface area contributed by atoms with Crippen LogP contribution in [0.3, 0.4) is 0 Å². The summed E-state index contributed by atoms with van der Waals surface area (Å²) in [5.74, 6) is -0.450. The van der Waals surface area contributed by atoms with Gasteiger partial charge in [0.1, 0.15) is 0 Å². The molecule has 1 aromatic heterocycles. The van der Waals surface area contributed by atoms with Gasteiger partial charge in [0.2, 0.25) is 5.91 Å².